The second kappa shape index (κ2) is 5.08. The summed E-state index contributed by atoms with van der Waals surface area (Å²) in [5, 5.41) is 14.3. The number of carboxylic acid groups (broad SMARTS) is 1. The molecule has 0 aliphatic carbocycles. The highest BCUT2D eigenvalue weighted by Crippen LogP contribution is 2.05. The SMILES string of the molecule is CC(CNS(=O)(=O)c1ccn[nH]1)CC(=O)O. The third kappa shape index (κ3) is 3.63. The number of hydrogen-bond donors (Lipinski definition) is 3. The van der Waals surface area contributed by atoms with E-state index in [-0.39, 0.29) is 23.9 Å². The van der Waals surface area contributed by atoms with Crippen molar-refractivity contribution in [3.8, 4) is 0 Å². The fraction of sp³-hybridized carbons (Fsp3) is 0.500. The van der Waals surface area contributed by atoms with Crippen molar-refractivity contribution >= 4 is 16.0 Å². The Kier molecular flexibility index (Phi) is 4.02. The van der Waals surface area contributed by atoms with E-state index in [0.717, 1.165) is 0 Å². The molecule has 0 amide bonds. The van der Waals surface area contributed by atoms with E-state index in [2.05, 4.69) is 14.9 Å². The van der Waals surface area contributed by atoms with E-state index in [1.165, 1.54) is 12.3 Å². The fourth-order valence-electron chi connectivity index (χ4n) is 1.09. The monoisotopic (exact) mass is 247 g/mol. The largest absolute Gasteiger partial charge is 0.481 e. The molecule has 0 spiro atoms. The van der Waals surface area contributed by atoms with E-state index in [0.29, 0.717) is 0 Å². The average molecular weight is 247 g/mol. The Bertz CT molecular complexity index is 440. The molecule has 1 unspecified atom stereocenters. The molecular weight excluding hydrogens is 234 g/mol. The summed E-state index contributed by atoms with van der Waals surface area (Å²) in [7, 11) is -3.61. The second-order valence-corrected chi connectivity index (χ2v) is 5.21. The van der Waals surface area contributed by atoms with Crippen LogP contribution in [-0.4, -0.2) is 36.2 Å². The smallest absolute Gasteiger partial charge is 0.303 e. The molecule has 0 radical (unpaired) electrons. The van der Waals surface area contributed by atoms with E-state index in [1.807, 2.05) is 0 Å². The summed E-state index contributed by atoms with van der Waals surface area (Å²) < 4.78 is 25.4. The zero-order valence-corrected chi connectivity index (χ0v) is 9.49. The molecule has 0 saturated carbocycles. The normalized spacial score (nSPS) is 13.6. The molecule has 8 heteroatoms. The standard InChI is InChI=1S/C8H13N3O4S/c1-6(4-8(12)13)5-10-16(14,15)7-2-3-9-11-7/h2-3,6,10H,4-5H2,1H3,(H,9,11)(H,12,13). The molecule has 3 N–H and O–H groups in total. The number of aromatic amines is 1. The van der Waals surface area contributed by atoms with Crippen molar-refractivity contribution in [3.05, 3.63) is 12.3 Å². The Balaban J connectivity index is 2.52. The van der Waals surface area contributed by atoms with Crippen molar-refractivity contribution in [2.75, 3.05) is 6.54 Å². The van der Waals surface area contributed by atoms with Crippen LogP contribution in [-0.2, 0) is 14.8 Å². The van der Waals surface area contributed by atoms with Gasteiger partial charge < -0.3 is 5.11 Å². The van der Waals surface area contributed by atoms with Crippen LogP contribution in [0.1, 0.15) is 13.3 Å². The number of aromatic nitrogens is 2. The predicted molar refractivity (Wildman–Crippen MR) is 55.2 cm³/mol. The number of carboxylic acids is 1. The van der Waals surface area contributed by atoms with Crippen molar-refractivity contribution in [2.45, 2.75) is 18.4 Å². The third-order valence-corrected chi connectivity index (χ3v) is 3.26. The minimum absolute atomic E-state index is 0.0324. The van der Waals surface area contributed by atoms with E-state index in [4.69, 9.17) is 5.11 Å². The molecule has 7 nitrogen and oxygen atoms in total. The summed E-state index contributed by atoms with van der Waals surface area (Å²) in [6, 6.07) is 1.32. The van der Waals surface area contributed by atoms with Gasteiger partial charge in [-0.05, 0) is 12.0 Å². The molecule has 16 heavy (non-hydrogen) atoms. The maximum atomic E-state index is 11.6. The van der Waals surface area contributed by atoms with Crippen LogP contribution >= 0.6 is 0 Å². The lowest BCUT2D eigenvalue weighted by molar-refractivity contribution is -0.137. The minimum atomic E-state index is -3.61. The van der Waals surface area contributed by atoms with Gasteiger partial charge in [-0.15, -0.1) is 0 Å². The van der Waals surface area contributed by atoms with Crippen LogP contribution in [0.5, 0.6) is 0 Å². The van der Waals surface area contributed by atoms with Crippen molar-refractivity contribution in [3.63, 3.8) is 0 Å². The van der Waals surface area contributed by atoms with Crippen molar-refractivity contribution in [1.29, 1.82) is 0 Å². The van der Waals surface area contributed by atoms with E-state index in [1.54, 1.807) is 6.92 Å². The van der Waals surface area contributed by atoms with Crippen LogP contribution < -0.4 is 4.72 Å². The predicted octanol–water partition coefficient (Wildman–Crippen LogP) is -0.201. The number of H-pyrrole nitrogens is 1. The molecule has 0 bridgehead atoms. The second-order valence-electron chi connectivity index (χ2n) is 3.48. The molecule has 0 aromatic carbocycles. The van der Waals surface area contributed by atoms with Crippen molar-refractivity contribution in [2.24, 2.45) is 5.92 Å². The molecule has 1 heterocycles. The molecule has 0 aliphatic rings. The summed E-state index contributed by atoms with van der Waals surface area (Å²) in [4.78, 5) is 10.4. The van der Waals surface area contributed by atoms with Crippen LogP contribution in [0.15, 0.2) is 17.3 Å². The van der Waals surface area contributed by atoms with Crippen molar-refractivity contribution in [1.82, 2.24) is 14.9 Å². The van der Waals surface area contributed by atoms with Gasteiger partial charge in [0.2, 0.25) is 0 Å². The maximum Gasteiger partial charge on any atom is 0.303 e. The number of aliphatic carboxylic acids is 1. The zero-order valence-electron chi connectivity index (χ0n) is 8.67. The molecule has 1 aromatic heterocycles. The van der Waals surface area contributed by atoms with Gasteiger partial charge in [-0.2, -0.15) is 5.10 Å². The Morgan fingerprint density at radius 1 is 1.69 bits per heavy atom. The number of nitrogens with zero attached hydrogens (tertiary/aromatic N) is 1. The first-order valence-electron chi connectivity index (χ1n) is 4.62. The van der Waals surface area contributed by atoms with Gasteiger partial charge in [0.25, 0.3) is 10.0 Å². The number of nitrogens with one attached hydrogen (secondary N) is 2. The topological polar surface area (TPSA) is 112 Å². The summed E-state index contributed by atoms with van der Waals surface area (Å²) in [6.45, 7) is 1.73. The minimum Gasteiger partial charge on any atom is -0.481 e. The van der Waals surface area contributed by atoms with Crippen LogP contribution in [0, 0.1) is 5.92 Å². The molecule has 90 valence electrons. The Morgan fingerprint density at radius 3 is 2.88 bits per heavy atom. The van der Waals surface area contributed by atoms with Gasteiger partial charge >= 0.3 is 5.97 Å². The van der Waals surface area contributed by atoms with E-state index >= 15 is 0 Å². The Hall–Kier alpha value is -1.41. The highest BCUT2D eigenvalue weighted by Gasteiger charge is 2.17. The molecule has 0 saturated heterocycles. The van der Waals surface area contributed by atoms with Gasteiger partial charge in [0, 0.05) is 13.0 Å². The Labute approximate surface area is 92.9 Å². The summed E-state index contributed by atoms with van der Waals surface area (Å²) >= 11 is 0. The van der Waals surface area contributed by atoms with Gasteiger partial charge in [0.15, 0.2) is 5.03 Å². The van der Waals surface area contributed by atoms with Crippen molar-refractivity contribution < 1.29 is 18.3 Å². The molecule has 0 fully saturated rings. The van der Waals surface area contributed by atoms with Crippen LogP contribution in [0.4, 0.5) is 0 Å². The molecular formula is C8H13N3O4S. The fourth-order valence-corrected chi connectivity index (χ4v) is 2.17. The van der Waals surface area contributed by atoms with E-state index < -0.39 is 16.0 Å². The molecule has 1 aromatic rings. The van der Waals surface area contributed by atoms with Gasteiger partial charge in [-0.3, -0.25) is 9.89 Å². The quantitative estimate of drug-likeness (QED) is 0.644. The lowest BCUT2D eigenvalue weighted by Gasteiger charge is -2.09. The number of sulfonamides is 1. The highest BCUT2D eigenvalue weighted by atomic mass is 32.2. The van der Waals surface area contributed by atoms with Crippen LogP contribution in [0.25, 0.3) is 0 Å². The maximum absolute atomic E-state index is 11.6. The molecule has 0 aliphatic heterocycles. The molecule has 1 rings (SSSR count). The first-order chi connectivity index (χ1) is 7.42. The van der Waals surface area contributed by atoms with Gasteiger partial charge in [0.1, 0.15) is 0 Å². The van der Waals surface area contributed by atoms with Gasteiger partial charge in [-0.25, -0.2) is 13.1 Å². The average Bonchev–Trinajstić information content (AvgIpc) is 2.67. The summed E-state index contributed by atoms with van der Waals surface area (Å²) in [5.41, 5.74) is 0. The number of hydrogen-bond acceptors (Lipinski definition) is 4. The summed E-state index contributed by atoms with van der Waals surface area (Å²) in [6.07, 6.45) is 1.25. The molecule has 1 atom stereocenters. The van der Waals surface area contributed by atoms with Crippen LogP contribution in [0.2, 0.25) is 0 Å². The Morgan fingerprint density at radius 2 is 2.38 bits per heavy atom. The first kappa shape index (κ1) is 12.7. The van der Waals surface area contributed by atoms with Crippen LogP contribution in [0.3, 0.4) is 0 Å². The summed E-state index contributed by atoms with van der Waals surface area (Å²) in [5.74, 6) is -1.22. The van der Waals surface area contributed by atoms with E-state index in [9.17, 15) is 13.2 Å². The number of carbonyl (C=O) groups is 1. The highest BCUT2D eigenvalue weighted by molar-refractivity contribution is 7.89. The van der Waals surface area contributed by atoms with Gasteiger partial charge in [-0.1, -0.05) is 6.92 Å². The lowest BCUT2D eigenvalue weighted by atomic mass is 10.1. The third-order valence-electron chi connectivity index (χ3n) is 1.91. The first-order valence-corrected chi connectivity index (χ1v) is 6.11. The number of rotatable bonds is 6. The lowest BCUT2D eigenvalue weighted by Crippen LogP contribution is -2.29. The van der Waals surface area contributed by atoms with Gasteiger partial charge in [0.05, 0.1) is 6.20 Å². The zero-order chi connectivity index (χ0) is 12.2.